The summed E-state index contributed by atoms with van der Waals surface area (Å²) in [6.07, 6.45) is 2.25. The number of aliphatic hydroxyl groups excluding tert-OH is 2. The van der Waals surface area contributed by atoms with E-state index in [4.69, 9.17) is 15.2 Å². The Morgan fingerprint density at radius 2 is 1.60 bits per heavy atom. The van der Waals surface area contributed by atoms with Gasteiger partial charge in [-0.3, -0.25) is 0 Å². The van der Waals surface area contributed by atoms with Gasteiger partial charge in [0.05, 0.1) is 38.1 Å². The molecule has 0 spiro atoms. The molecule has 30 heavy (non-hydrogen) atoms. The molecule has 4 N–H and O–H groups in total. The Balaban J connectivity index is 1.29. The van der Waals surface area contributed by atoms with Crippen molar-refractivity contribution in [3.05, 3.63) is 77.9 Å². The summed E-state index contributed by atoms with van der Waals surface area (Å²) < 4.78 is 12.0. The fourth-order valence-electron chi connectivity index (χ4n) is 3.86. The van der Waals surface area contributed by atoms with Gasteiger partial charge in [-0.15, -0.1) is 0 Å². The predicted molar refractivity (Wildman–Crippen MR) is 117 cm³/mol. The van der Waals surface area contributed by atoms with Crippen LogP contribution in [0.4, 0.5) is 0 Å². The molecule has 5 heteroatoms. The van der Waals surface area contributed by atoms with Crippen molar-refractivity contribution in [1.29, 1.82) is 0 Å². The SMILES string of the molecule is NC(CO)(CO)c1ccc2cc(O[C@H]3C[C@H](COCc4ccccc4)C3)ccc2c1. The maximum absolute atomic E-state index is 9.51. The zero-order valence-electron chi connectivity index (χ0n) is 17.0. The van der Waals surface area contributed by atoms with E-state index in [1.807, 2.05) is 54.6 Å². The summed E-state index contributed by atoms with van der Waals surface area (Å²) in [5.74, 6) is 1.41. The van der Waals surface area contributed by atoms with Crippen LogP contribution in [-0.4, -0.2) is 36.1 Å². The Hall–Kier alpha value is -2.44. The van der Waals surface area contributed by atoms with E-state index in [-0.39, 0.29) is 19.3 Å². The van der Waals surface area contributed by atoms with Crippen LogP contribution < -0.4 is 10.5 Å². The van der Waals surface area contributed by atoms with Gasteiger partial charge in [0, 0.05) is 0 Å². The van der Waals surface area contributed by atoms with Crippen LogP contribution in [0.15, 0.2) is 66.7 Å². The number of benzene rings is 3. The molecule has 0 aliphatic heterocycles. The second-order valence-electron chi connectivity index (χ2n) is 8.27. The summed E-state index contributed by atoms with van der Waals surface area (Å²) >= 11 is 0. The lowest BCUT2D eigenvalue weighted by atomic mass is 9.83. The highest BCUT2D eigenvalue weighted by Gasteiger charge is 2.31. The molecule has 1 aliphatic rings. The van der Waals surface area contributed by atoms with Crippen molar-refractivity contribution in [3.8, 4) is 5.75 Å². The van der Waals surface area contributed by atoms with E-state index in [9.17, 15) is 10.2 Å². The first-order chi connectivity index (χ1) is 14.6. The van der Waals surface area contributed by atoms with Crippen LogP contribution in [0.5, 0.6) is 5.75 Å². The van der Waals surface area contributed by atoms with Gasteiger partial charge in [0.1, 0.15) is 5.75 Å². The van der Waals surface area contributed by atoms with Gasteiger partial charge in [0.25, 0.3) is 0 Å². The molecule has 0 aromatic heterocycles. The average molecular weight is 408 g/mol. The highest BCUT2D eigenvalue weighted by atomic mass is 16.5. The Labute approximate surface area is 177 Å². The lowest BCUT2D eigenvalue weighted by Gasteiger charge is -2.35. The molecule has 4 rings (SSSR count). The molecule has 1 saturated carbocycles. The van der Waals surface area contributed by atoms with E-state index < -0.39 is 5.54 Å². The smallest absolute Gasteiger partial charge is 0.120 e. The van der Waals surface area contributed by atoms with Crippen LogP contribution in [0.25, 0.3) is 10.8 Å². The molecule has 0 radical (unpaired) electrons. The molecule has 0 saturated heterocycles. The molecule has 0 amide bonds. The van der Waals surface area contributed by atoms with E-state index in [1.54, 1.807) is 0 Å². The summed E-state index contributed by atoms with van der Waals surface area (Å²) in [6, 6.07) is 21.9. The van der Waals surface area contributed by atoms with Crippen LogP contribution in [0.1, 0.15) is 24.0 Å². The topological polar surface area (TPSA) is 84.9 Å². The molecule has 1 aliphatic carbocycles. The maximum atomic E-state index is 9.51. The van der Waals surface area contributed by atoms with Crippen molar-refractivity contribution in [1.82, 2.24) is 0 Å². The van der Waals surface area contributed by atoms with Gasteiger partial charge in [-0.2, -0.15) is 0 Å². The van der Waals surface area contributed by atoms with Gasteiger partial charge in [-0.05, 0) is 58.9 Å². The second-order valence-corrected chi connectivity index (χ2v) is 8.27. The number of ether oxygens (including phenoxy) is 2. The normalized spacial score (nSPS) is 18.9. The molecule has 3 aromatic carbocycles. The summed E-state index contributed by atoms with van der Waals surface area (Å²) in [5.41, 5.74) is 6.86. The van der Waals surface area contributed by atoms with Crippen LogP contribution in [0, 0.1) is 5.92 Å². The van der Waals surface area contributed by atoms with Gasteiger partial charge in [0.15, 0.2) is 0 Å². The van der Waals surface area contributed by atoms with Crippen molar-refractivity contribution in [2.75, 3.05) is 19.8 Å². The quantitative estimate of drug-likeness (QED) is 0.507. The first kappa shape index (κ1) is 20.8. The van der Waals surface area contributed by atoms with E-state index in [2.05, 4.69) is 12.1 Å². The Morgan fingerprint density at radius 1 is 0.900 bits per heavy atom. The first-order valence-electron chi connectivity index (χ1n) is 10.4. The Kier molecular flexibility index (Phi) is 6.35. The number of nitrogens with two attached hydrogens (primary N) is 1. The molecule has 0 unspecified atom stereocenters. The third-order valence-electron chi connectivity index (χ3n) is 5.91. The molecule has 158 valence electrons. The molecule has 0 heterocycles. The molecule has 1 fully saturated rings. The zero-order chi connectivity index (χ0) is 21.0. The number of hydrogen-bond donors (Lipinski definition) is 3. The van der Waals surface area contributed by atoms with Gasteiger partial charge in [-0.25, -0.2) is 0 Å². The largest absolute Gasteiger partial charge is 0.490 e. The number of hydrogen-bond acceptors (Lipinski definition) is 5. The van der Waals surface area contributed by atoms with E-state index in [0.717, 1.165) is 36.0 Å². The minimum atomic E-state index is -1.13. The van der Waals surface area contributed by atoms with Crippen molar-refractivity contribution < 1.29 is 19.7 Å². The highest BCUT2D eigenvalue weighted by molar-refractivity contribution is 5.84. The molecule has 0 bridgehead atoms. The molecule has 5 nitrogen and oxygen atoms in total. The highest BCUT2D eigenvalue weighted by Crippen LogP contribution is 2.33. The Morgan fingerprint density at radius 3 is 2.33 bits per heavy atom. The third kappa shape index (κ3) is 4.65. The van der Waals surface area contributed by atoms with E-state index >= 15 is 0 Å². The van der Waals surface area contributed by atoms with Crippen molar-refractivity contribution in [3.63, 3.8) is 0 Å². The summed E-state index contributed by atoms with van der Waals surface area (Å²) in [6.45, 7) is 0.806. The van der Waals surface area contributed by atoms with Crippen molar-refractivity contribution in [2.45, 2.75) is 31.1 Å². The minimum Gasteiger partial charge on any atom is -0.490 e. The lowest BCUT2D eigenvalue weighted by molar-refractivity contribution is -0.00245. The fourth-order valence-corrected chi connectivity index (χ4v) is 3.86. The van der Waals surface area contributed by atoms with Crippen molar-refractivity contribution >= 4 is 10.8 Å². The molecular weight excluding hydrogens is 378 g/mol. The van der Waals surface area contributed by atoms with Crippen molar-refractivity contribution in [2.24, 2.45) is 11.7 Å². The lowest BCUT2D eigenvalue weighted by Crippen LogP contribution is -2.44. The van der Waals surface area contributed by atoms with E-state index in [1.165, 1.54) is 5.56 Å². The maximum Gasteiger partial charge on any atom is 0.120 e. The van der Waals surface area contributed by atoms with Gasteiger partial charge >= 0.3 is 0 Å². The van der Waals surface area contributed by atoms with E-state index in [0.29, 0.717) is 18.1 Å². The van der Waals surface area contributed by atoms with Crippen LogP contribution in [0.2, 0.25) is 0 Å². The standard InChI is InChI=1S/C25H29NO4/c26-25(16-27,17-28)22-8-6-21-13-23(9-7-20(21)12-22)30-24-10-19(11-24)15-29-14-18-4-2-1-3-5-18/h1-9,12-13,19,24,27-28H,10-11,14-17,26H2/t19-,24-. The molecular formula is C25H29NO4. The number of fused-ring (bicyclic) bond motifs is 1. The summed E-state index contributed by atoms with van der Waals surface area (Å²) in [4.78, 5) is 0. The third-order valence-corrected chi connectivity index (χ3v) is 5.91. The molecule has 0 atom stereocenters. The Bertz CT molecular complexity index is 965. The second kappa shape index (κ2) is 9.14. The zero-order valence-corrected chi connectivity index (χ0v) is 17.0. The average Bonchev–Trinajstić information content (AvgIpc) is 2.77. The van der Waals surface area contributed by atoms with Crippen LogP contribution in [0.3, 0.4) is 0 Å². The van der Waals surface area contributed by atoms with Gasteiger partial charge in [0.2, 0.25) is 0 Å². The molecule has 3 aromatic rings. The fraction of sp³-hybridized carbons (Fsp3) is 0.360. The minimum absolute atomic E-state index is 0.229. The van der Waals surface area contributed by atoms with Crippen LogP contribution >= 0.6 is 0 Å². The first-order valence-corrected chi connectivity index (χ1v) is 10.4. The summed E-state index contributed by atoms with van der Waals surface area (Å²) in [7, 11) is 0. The monoisotopic (exact) mass is 407 g/mol. The predicted octanol–water partition coefficient (Wildman–Crippen LogP) is 3.35. The number of rotatable bonds is 9. The van der Waals surface area contributed by atoms with Gasteiger partial charge < -0.3 is 25.4 Å². The summed E-state index contributed by atoms with van der Waals surface area (Å²) in [5, 5.41) is 21.1. The van der Waals surface area contributed by atoms with Crippen LogP contribution in [-0.2, 0) is 16.9 Å². The number of aliphatic hydroxyl groups is 2. The van der Waals surface area contributed by atoms with Gasteiger partial charge in [-0.1, -0.05) is 48.5 Å².